The van der Waals surface area contributed by atoms with Crippen LogP contribution in [0.3, 0.4) is 0 Å². The maximum atomic E-state index is 12.2. The van der Waals surface area contributed by atoms with Gasteiger partial charge >= 0.3 is 11.9 Å². The second-order valence-corrected chi connectivity index (χ2v) is 9.12. The lowest BCUT2D eigenvalue weighted by Crippen LogP contribution is -2.13. The summed E-state index contributed by atoms with van der Waals surface area (Å²) in [6.45, 7) is 8.20. The highest BCUT2D eigenvalue weighted by Gasteiger charge is 2.30. The number of hydrogen-bond acceptors (Lipinski definition) is 7. The number of non-ortho nitro benzene ring substituents is 1. The summed E-state index contributed by atoms with van der Waals surface area (Å²) >= 11 is 0. The number of carbonyl (C=O) groups excluding carboxylic acids is 2. The van der Waals surface area contributed by atoms with Crippen LogP contribution in [0.2, 0.25) is 0 Å². The highest BCUT2D eigenvalue weighted by molar-refractivity contribution is 6.02. The highest BCUT2D eigenvalue weighted by atomic mass is 16.7. The Morgan fingerprint density at radius 2 is 1.69 bits per heavy atom. The van der Waals surface area contributed by atoms with Crippen LogP contribution in [0.25, 0.3) is 11.1 Å². The first-order valence-corrected chi connectivity index (χ1v) is 12.1. The number of rotatable bonds is 11. The first kappa shape index (κ1) is 26.1. The van der Waals surface area contributed by atoms with Crippen LogP contribution in [-0.4, -0.2) is 29.2 Å². The minimum absolute atomic E-state index is 0.000233. The van der Waals surface area contributed by atoms with Gasteiger partial charge in [-0.25, -0.2) is 4.79 Å². The van der Waals surface area contributed by atoms with Crippen LogP contribution >= 0.6 is 0 Å². The van der Waals surface area contributed by atoms with Crippen LogP contribution in [0.1, 0.15) is 82.4 Å². The van der Waals surface area contributed by atoms with E-state index in [0.29, 0.717) is 18.7 Å². The van der Waals surface area contributed by atoms with Gasteiger partial charge in [0.25, 0.3) is 5.69 Å². The summed E-state index contributed by atoms with van der Waals surface area (Å²) < 4.78 is 5.28. The lowest BCUT2D eigenvalue weighted by atomic mass is 9.92. The predicted octanol–water partition coefficient (Wildman–Crippen LogP) is 6.14. The Morgan fingerprint density at radius 1 is 1.00 bits per heavy atom. The second-order valence-electron chi connectivity index (χ2n) is 9.12. The maximum absolute atomic E-state index is 12.2. The van der Waals surface area contributed by atoms with Gasteiger partial charge in [0.05, 0.1) is 23.7 Å². The third-order valence-electron chi connectivity index (χ3n) is 5.94. The zero-order chi connectivity index (χ0) is 25.5. The van der Waals surface area contributed by atoms with Gasteiger partial charge in [0.2, 0.25) is 0 Å². The van der Waals surface area contributed by atoms with E-state index < -0.39 is 5.97 Å². The molecular formula is C27H32N2O6. The van der Waals surface area contributed by atoms with Crippen molar-refractivity contribution in [3.05, 3.63) is 63.2 Å². The van der Waals surface area contributed by atoms with Crippen LogP contribution in [0.15, 0.2) is 41.6 Å². The van der Waals surface area contributed by atoms with Gasteiger partial charge in [0.15, 0.2) is 0 Å². The number of esters is 1. The minimum atomic E-state index is -0.431. The van der Waals surface area contributed by atoms with Gasteiger partial charge in [-0.1, -0.05) is 45.0 Å². The van der Waals surface area contributed by atoms with Crippen LogP contribution in [0.4, 0.5) is 5.69 Å². The fourth-order valence-electron chi connectivity index (χ4n) is 4.23. The number of nitrogens with zero attached hydrogens (tertiary/aromatic N) is 2. The SMILES string of the molecule is CCCC(=O)O/N=C(/CCC(=O)OCC(C)C)c1ccc2c(c1)C(CC)c1cc([N+](=O)[O-])ccc1-2. The van der Waals surface area contributed by atoms with Gasteiger partial charge in [0.1, 0.15) is 0 Å². The number of carbonyl (C=O) groups is 2. The molecular weight excluding hydrogens is 448 g/mol. The second kappa shape index (κ2) is 11.7. The maximum Gasteiger partial charge on any atom is 0.335 e. The Kier molecular flexibility index (Phi) is 8.73. The number of oxime groups is 1. The molecule has 1 aliphatic rings. The highest BCUT2D eigenvalue weighted by Crippen LogP contribution is 2.47. The lowest BCUT2D eigenvalue weighted by molar-refractivity contribution is -0.384. The molecule has 0 radical (unpaired) electrons. The van der Waals surface area contributed by atoms with Crippen molar-refractivity contribution < 1.29 is 24.1 Å². The van der Waals surface area contributed by atoms with E-state index in [9.17, 15) is 19.7 Å². The van der Waals surface area contributed by atoms with Crippen molar-refractivity contribution in [3.63, 3.8) is 0 Å². The van der Waals surface area contributed by atoms with Crippen molar-refractivity contribution in [2.45, 2.75) is 65.7 Å². The summed E-state index contributed by atoms with van der Waals surface area (Å²) in [4.78, 5) is 40.2. The molecule has 35 heavy (non-hydrogen) atoms. The van der Waals surface area contributed by atoms with Crippen LogP contribution in [0, 0.1) is 16.0 Å². The van der Waals surface area contributed by atoms with Crippen molar-refractivity contribution in [1.82, 2.24) is 0 Å². The standard InChI is InChI=1S/C27H32N2O6/c1-5-7-27(31)35-28-25(12-13-26(30)34-16-17(3)4)18-8-10-21-22-11-9-19(29(32)33)15-24(22)20(6-2)23(21)14-18/h8-11,14-15,17,20H,5-7,12-13,16H2,1-4H3/b28-25-. The van der Waals surface area contributed by atoms with E-state index in [4.69, 9.17) is 9.57 Å². The van der Waals surface area contributed by atoms with E-state index in [1.807, 2.05) is 45.9 Å². The average Bonchev–Trinajstić information content (AvgIpc) is 3.14. The molecule has 8 nitrogen and oxygen atoms in total. The fraction of sp³-hybridized carbons (Fsp3) is 0.444. The molecule has 0 bridgehead atoms. The summed E-state index contributed by atoms with van der Waals surface area (Å²) in [6.07, 6.45) is 2.03. The Balaban J connectivity index is 1.91. The van der Waals surface area contributed by atoms with Crippen molar-refractivity contribution in [3.8, 4) is 11.1 Å². The van der Waals surface area contributed by atoms with Crippen LogP contribution in [0.5, 0.6) is 0 Å². The van der Waals surface area contributed by atoms with E-state index in [2.05, 4.69) is 5.16 Å². The summed E-state index contributed by atoms with van der Waals surface area (Å²) in [5.41, 5.74) is 5.26. The van der Waals surface area contributed by atoms with Crippen molar-refractivity contribution >= 4 is 23.3 Å². The normalized spacial score (nSPS) is 14.4. The first-order valence-electron chi connectivity index (χ1n) is 12.1. The largest absolute Gasteiger partial charge is 0.465 e. The Morgan fingerprint density at radius 3 is 2.31 bits per heavy atom. The number of nitro benzene ring substituents is 1. The number of fused-ring (bicyclic) bond motifs is 3. The molecule has 0 heterocycles. The molecule has 0 aromatic heterocycles. The third-order valence-corrected chi connectivity index (χ3v) is 5.94. The Bertz CT molecular complexity index is 1140. The molecule has 1 unspecified atom stereocenters. The molecule has 0 amide bonds. The molecule has 0 saturated heterocycles. The lowest BCUT2D eigenvalue weighted by Gasteiger charge is -2.13. The third kappa shape index (κ3) is 6.32. The molecule has 8 heteroatoms. The zero-order valence-corrected chi connectivity index (χ0v) is 20.7. The summed E-state index contributed by atoms with van der Waals surface area (Å²) in [7, 11) is 0. The summed E-state index contributed by atoms with van der Waals surface area (Å²) in [5.74, 6) is -0.528. The smallest absolute Gasteiger partial charge is 0.335 e. The minimum Gasteiger partial charge on any atom is -0.465 e. The average molecular weight is 481 g/mol. The monoisotopic (exact) mass is 480 g/mol. The van der Waals surface area contributed by atoms with Gasteiger partial charge in [-0.2, -0.15) is 0 Å². The fourth-order valence-corrected chi connectivity index (χ4v) is 4.23. The molecule has 3 rings (SSSR count). The molecule has 1 aliphatic carbocycles. The van der Waals surface area contributed by atoms with E-state index in [1.165, 1.54) is 6.07 Å². The molecule has 2 aromatic carbocycles. The summed E-state index contributed by atoms with van der Waals surface area (Å²) in [6, 6.07) is 10.8. The molecule has 0 N–H and O–H groups in total. The topological polar surface area (TPSA) is 108 Å². The van der Waals surface area contributed by atoms with E-state index in [-0.39, 0.29) is 47.7 Å². The van der Waals surface area contributed by atoms with E-state index in [1.54, 1.807) is 12.1 Å². The molecule has 2 aromatic rings. The van der Waals surface area contributed by atoms with E-state index in [0.717, 1.165) is 34.2 Å². The number of nitro groups is 1. The van der Waals surface area contributed by atoms with Crippen molar-refractivity contribution in [2.75, 3.05) is 6.61 Å². The van der Waals surface area contributed by atoms with Crippen LogP contribution in [-0.2, 0) is 19.2 Å². The molecule has 1 atom stereocenters. The number of hydrogen-bond donors (Lipinski definition) is 0. The van der Waals surface area contributed by atoms with Crippen molar-refractivity contribution in [2.24, 2.45) is 11.1 Å². The molecule has 0 saturated carbocycles. The van der Waals surface area contributed by atoms with Crippen molar-refractivity contribution in [1.29, 1.82) is 0 Å². The van der Waals surface area contributed by atoms with Crippen LogP contribution < -0.4 is 0 Å². The van der Waals surface area contributed by atoms with Gasteiger partial charge in [-0.3, -0.25) is 14.9 Å². The van der Waals surface area contributed by atoms with E-state index >= 15 is 0 Å². The summed E-state index contributed by atoms with van der Waals surface area (Å²) in [5, 5.41) is 15.4. The zero-order valence-electron chi connectivity index (χ0n) is 20.7. The predicted molar refractivity (Wildman–Crippen MR) is 133 cm³/mol. The van der Waals surface area contributed by atoms with Gasteiger partial charge in [-0.15, -0.1) is 0 Å². The Labute approximate surface area is 205 Å². The molecule has 0 fully saturated rings. The first-order chi connectivity index (χ1) is 16.7. The number of benzene rings is 2. The number of ether oxygens (including phenoxy) is 1. The molecule has 186 valence electrons. The Hall–Kier alpha value is -3.55. The van der Waals surface area contributed by atoms with Gasteiger partial charge in [-0.05, 0) is 58.7 Å². The molecule has 0 aliphatic heterocycles. The quantitative estimate of drug-likeness (QED) is 0.126. The van der Waals surface area contributed by atoms with Gasteiger partial charge in [0, 0.05) is 30.9 Å². The van der Waals surface area contributed by atoms with Gasteiger partial charge < -0.3 is 9.57 Å². The molecule has 0 spiro atoms.